The zero-order valence-corrected chi connectivity index (χ0v) is 13.7. The standard InChI is InChI=1S/C19H23N3O/c1-19-10-6-5-8-15(19)17(19)18(23)21-20-11-13-12-22(2)16-9-4-3-7-14(13)16/h3-4,7,9,11-12,15,17H,5-6,8,10H2,1-2H3,(H,21,23)/b20-11-/t15-,17+,19-/m1/s1. The number of nitrogens with zero attached hydrogens (tertiary/aromatic N) is 2. The van der Waals surface area contributed by atoms with E-state index in [1.54, 1.807) is 6.21 Å². The highest BCUT2D eigenvalue weighted by Crippen LogP contribution is 2.66. The van der Waals surface area contributed by atoms with Crippen molar-refractivity contribution in [2.45, 2.75) is 32.6 Å². The Hall–Kier alpha value is -2.10. The largest absolute Gasteiger partial charge is 0.350 e. The molecule has 0 aliphatic heterocycles. The van der Waals surface area contributed by atoms with E-state index in [1.165, 1.54) is 31.2 Å². The third-order valence-corrected chi connectivity index (χ3v) is 5.92. The fourth-order valence-electron chi connectivity index (χ4n) is 4.56. The van der Waals surface area contributed by atoms with Gasteiger partial charge in [-0.05, 0) is 30.2 Å². The van der Waals surface area contributed by atoms with Gasteiger partial charge in [0.05, 0.1) is 6.21 Å². The summed E-state index contributed by atoms with van der Waals surface area (Å²) in [6.07, 6.45) is 8.71. The predicted octanol–water partition coefficient (Wildman–Crippen LogP) is 3.45. The van der Waals surface area contributed by atoms with Crippen LogP contribution in [0.25, 0.3) is 10.9 Å². The number of amides is 1. The molecule has 2 aromatic rings. The first kappa shape index (κ1) is 14.5. The molecule has 0 radical (unpaired) electrons. The summed E-state index contributed by atoms with van der Waals surface area (Å²) < 4.78 is 2.08. The Morgan fingerprint density at radius 3 is 3.00 bits per heavy atom. The topological polar surface area (TPSA) is 46.4 Å². The van der Waals surface area contributed by atoms with Crippen molar-refractivity contribution in [3.63, 3.8) is 0 Å². The van der Waals surface area contributed by atoms with Gasteiger partial charge in [0.15, 0.2) is 0 Å². The van der Waals surface area contributed by atoms with E-state index in [9.17, 15) is 4.79 Å². The molecule has 120 valence electrons. The first-order valence-electron chi connectivity index (χ1n) is 8.48. The Bertz CT molecular complexity index is 791. The first-order chi connectivity index (χ1) is 11.1. The quantitative estimate of drug-likeness (QED) is 0.685. The van der Waals surface area contributed by atoms with Crippen molar-refractivity contribution in [3.8, 4) is 0 Å². The number of hydrogen-bond acceptors (Lipinski definition) is 2. The lowest BCUT2D eigenvalue weighted by atomic mass is 9.90. The SMILES string of the molecule is Cn1cc(/C=N\NC(=O)[C@@H]2[C@H]3CCCC[C@]32C)c2ccccc21. The molecule has 0 unspecified atom stereocenters. The van der Waals surface area contributed by atoms with E-state index in [-0.39, 0.29) is 17.2 Å². The minimum Gasteiger partial charge on any atom is -0.350 e. The van der Waals surface area contributed by atoms with Gasteiger partial charge in [0.2, 0.25) is 5.91 Å². The fourth-order valence-corrected chi connectivity index (χ4v) is 4.56. The molecule has 2 aliphatic carbocycles. The van der Waals surface area contributed by atoms with Gasteiger partial charge in [0.25, 0.3) is 0 Å². The Morgan fingerprint density at radius 1 is 1.39 bits per heavy atom. The van der Waals surface area contributed by atoms with Crippen molar-refractivity contribution in [2.24, 2.45) is 29.4 Å². The van der Waals surface area contributed by atoms with Gasteiger partial charge in [-0.2, -0.15) is 5.10 Å². The summed E-state index contributed by atoms with van der Waals surface area (Å²) in [7, 11) is 2.02. The van der Waals surface area contributed by atoms with Gasteiger partial charge in [0, 0.05) is 35.6 Å². The Kier molecular flexibility index (Phi) is 3.29. The minimum atomic E-state index is 0.0934. The summed E-state index contributed by atoms with van der Waals surface area (Å²) in [5.41, 5.74) is 5.20. The molecule has 2 fully saturated rings. The highest BCUT2D eigenvalue weighted by atomic mass is 16.2. The van der Waals surface area contributed by atoms with Crippen LogP contribution in [-0.4, -0.2) is 16.7 Å². The molecular formula is C19H23N3O. The second-order valence-corrected chi connectivity index (χ2v) is 7.28. The predicted molar refractivity (Wildman–Crippen MR) is 92.2 cm³/mol. The maximum absolute atomic E-state index is 12.4. The van der Waals surface area contributed by atoms with Crippen molar-refractivity contribution >= 4 is 23.0 Å². The molecule has 1 aromatic carbocycles. The fraction of sp³-hybridized carbons (Fsp3) is 0.474. The molecule has 2 saturated carbocycles. The first-order valence-corrected chi connectivity index (χ1v) is 8.48. The normalized spacial score (nSPS) is 29.7. The van der Waals surface area contributed by atoms with E-state index < -0.39 is 0 Å². The number of hydrazone groups is 1. The van der Waals surface area contributed by atoms with Crippen LogP contribution in [-0.2, 0) is 11.8 Å². The molecule has 4 heteroatoms. The molecule has 0 saturated heterocycles. The smallest absolute Gasteiger partial charge is 0.244 e. The average molecular weight is 309 g/mol. The molecule has 1 heterocycles. The third-order valence-electron chi connectivity index (χ3n) is 5.92. The van der Waals surface area contributed by atoms with Gasteiger partial charge >= 0.3 is 0 Å². The maximum atomic E-state index is 12.4. The number of aryl methyl sites for hydroxylation is 1. The highest BCUT2D eigenvalue weighted by molar-refractivity contribution is 5.99. The molecular weight excluding hydrogens is 286 g/mol. The lowest BCUT2D eigenvalue weighted by Crippen LogP contribution is -2.22. The summed E-state index contributed by atoms with van der Waals surface area (Å²) >= 11 is 0. The summed E-state index contributed by atoms with van der Waals surface area (Å²) in [5.74, 6) is 0.828. The van der Waals surface area contributed by atoms with Crippen LogP contribution >= 0.6 is 0 Å². The lowest BCUT2D eigenvalue weighted by molar-refractivity contribution is -0.123. The molecule has 3 atom stereocenters. The monoisotopic (exact) mass is 309 g/mol. The van der Waals surface area contributed by atoms with Crippen LogP contribution < -0.4 is 5.43 Å². The van der Waals surface area contributed by atoms with Crippen molar-refractivity contribution in [1.82, 2.24) is 9.99 Å². The van der Waals surface area contributed by atoms with E-state index >= 15 is 0 Å². The van der Waals surface area contributed by atoms with E-state index in [0.29, 0.717) is 5.92 Å². The number of rotatable bonds is 3. The number of nitrogens with one attached hydrogen (secondary N) is 1. The van der Waals surface area contributed by atoms with E-state index in [2.05, 4.69) is 34.2 Å². The second-order valence-electron chi connectivity index (χ2n) is 7.28. The van der Waals surface area contributed by atoms with Gasteiger partial charge in [-0.25, -0.2) is 5.43 Å². The van der Waals surface area contributed by atoms with Gasteiger partial charge in [-0.1, -0.05) is 38.0 Å². The number of fused-ring (bicyclic) bond motifs is 2. The van der Waals surface area contributed by atoms with Gasteiger partial charge in [-0.3, -0.25) is 4.79 Å². The van der Waals surface area contributed by atoms with Crippen molar-refractivity contribution < 1.29 is 4.79 Å². The van der Waals surface area contributed by atoms with Crippen LogP contribution in [0.15, 0.2) is 35.6 Å². The molecule has 0 bridgehead atoms. The van der Waals surface area contributed by atoms with Crippen molar-refractivity contribution in [3.05, 3.63) is 36.0 Å². The lowest BCUT2D eigenvalue weighted by Gasteiger charge is -2.15. The van der Waals surface area contributed by atoms with Crippen LogP contribution in [0.3, 0.4) is 0 Å². The number of benzene rings is 1. The number of para-hydroxylation sites is 1. The Morgan fingerprint density at radius 2 is 2.22 bits per heavy atom. The second kappa shape index (κ2) is 5.22. The molecule has 1 aromatic heterocycles. The molecule has 23 heavy (non-hydrogen) atoms. The third kappa shape index (κ3) is 2.28. The van der Waals surface area contributed by atoms with Crippen LogP contribution in [0.4, 0.5) is 0 Å². The van der Waals surface area contributed by atoms with E-state index in [1.807, 2.05) is 25.4 Å². The molecule has 4 rings (SSSR count). The summed E-state index contributed by atoms with van der Waals surface area (Å²) in [6.45, 7) is 2.26. The van der Waals surface area contributed by atoms with Crippen LogP contribution in [0.1, 0.15) is 38.2 Å². The number of carbonyl (C=O) groups is 1. The molecule has 2 aliphatic rings. The van der Waals surface area contributed by atoms with Crippen LogP contribution in [0, 0.1) is 17.3 Å². The zero-order valence-electron chi connectivity index (χ0n) is 13.7. The number of aromatic nitrogens is 1. The van der Waals surface area contributed by atoms with Crippen molar-refractivity contribution in [1.29, 1.82) is 0 Å². The molecule has 4 nitrogen and oxygen atoms in total. The van der Waals surface area contributed by atoms with Gasteiger partial charge in [0.1, 0.15) is 0 Å². The zero-order chi connectivity index (χ0) is 16.0. The number of hydrogen-bond donors (Lipinski definition) is 1. The van der Waals surface area contributed by atoms with Crippen molar-refractivity contribution in [2.75, 3.05) is 0 Å². The van der Waals surface area contributed by atoms with Crippen LogP contribution in [0.5, 0.6) is 0 Å². The van der Waals surface area contributed by atoms with Gasteiger partial charge < -0.3 is 4.57 Å². The Labute approximate surface area is 136 Å². The molecule has 0 spiro atoms. The summed E-state index contributed by atoms with van der Waals surface area (Å²) in [4.78, 5) is 12.4. The highest BCUT2D eigenvalue weighted by Gasteiger charge is 2.64. The molecule has 1 amide bonds. The summed E-state index contributed by atoms with van der Waals surface area (Å²) in [5, 5.41) is 5.37. The maximum Gasteiger partial charge on any atom is 0.244 e. The summed E-state index contributed by atoms with van der Waals surface area (Å²) in [6, 6.07) is 8.21. The van der Waals surface area contributed by atoms with E-state index in [4.69, 9.17) is 0 Å². The minimum absolute atomic E-state index is 0.0934. The van der Waals surface area contributed by atoms with Gasteiger partial charge in [-0.15, -0.1) is 0 Å². The number of carbonyl (C=O) groups excluding carboxylic acids is 1. The Balaban J connectivity index is 1.46. The molecule has 1 N–H and O–H groups in total. The average Bonchev–Trinajstić information content (AvgIpc) is 3.07. The van der Waals surface area contributed by atoms with E-state index in [0.717, 1.165) is 10.9 Å². The van der Waals surface area contributed by atoms with Crippen LogP contribution in [0.2, 0.25) is 0 Å².